The van der Waals surface area contributed by atoms with Crippen molar-refractivity contribution in [3.63, 3.8) is 0 Å². The van der Waals surface area contributed by atoms with Crippen LogP contribution in [0.15, 0.2) is 35.7 Å². The summed E-state index contributed by atoms with van der Waals surface area (Å²) in [6.07, 6.45) is 3.24. The van der Waals surface area contributed by atoms with Gasteiger partial charge in [0, 0.05) is 36.8 Å². The van der Waals surface area contributed by atoms with Crippen LogP contribution >= 0.6 is 11.3 Å². The molecule has 0 aliphatic carbocycles. The van der Waals surface area contributed by atoms with Crippen LogP contribution in [-0.2, 0) is 16.1 Å². The zero-order valence-electron chi connectivity index (χ0n) is 13.7. The van der Waals surface area contributed by atoms with Crippen molar-refractivity contribution in [2.75, 3.05) is 31.6 Å². The van der Waals surface area contributed by atoms with E-state index in [4.69, 9.17) is 4.74 Å². The fraction of sp³-hybridized carbons (Fsp3) is 0.333. The van der Waals surface area contributed by atoms with E-state index >= 15 is 0 Å². The molecule has 1 aromatic carbocycles. The van der Waals surface area contributed by atoms with Gasteiger partial charge in [0.2, 0.25) is 5.91 Å². The standard InChI is InChI=1S/C18H21N3O2S/c1-14-19-17(13-24-14)6-7-18(22)20-16-4-2-15(3-5-16)12-21-8-10-23-11-9-21/h2-7,13H,8-12H2,1H3,(H,20,22)/b7-6+. The van der Waals surface area contributed by atoms with Gasteiger partial charge >= 0.3 is 0 Å². The molecule has 1 N–H and O–H groups in total. The number of nitrogens with one attached hydrogen (secondary N) is 1. The molecule has 0 spiro atoms. The number of hydrogen-bond donors (Lipinski definition) is 1. The number of amides is 1. The number of aryl methyl sites for hydroxylation is 1. The Balaban J connectivity index is 1.51. The van der Waals surface area contributed by atoms with E-state index in [0.29, 0.717) is 0 Å². The number of anilines is 1. The molecule has 1 aromatic heterocycles. The van der Waals surface area contributed by atoms with Crippen molar-refractivity contribution < 1.29 is 9.53 Å². The molecule has 1 amide bonds. The Labute approximate surface area is 146 Å². The Morgan fingerprint density at radius 2 is 2.08 bits per heavy atom. The van der Waals surface area contributed by atoms with Gasteiger partial charge in [0.25, 0.3) is 0 Å². The van der Waals surface area contributed by atoms with Crippen LogP contribution in [0.25, 0.3) is 6.08 Å². The Bertz CT molecular complexity index is 703. The lowest BCUT2D eigenvalue weighted by atomic mass is 10.2. The summed E-state index contributed by atoms with van der Waals surface area (Å²) in [5.41, 5.74) is 2.85. The number of nitrogens with zero attached hydrogens (tertiary/aromatic N) is 2. The van der Waals surface area contributed by atoms with Crippen molar-refractivity contribution in [2.45, 2.75) is 13.5 Å². The Morgan fingerprint density at radius 3 is 2.75 bits per heavy atom. The van der Waals surface area contributed by atoms with Crippen LogP contribution in [0.2, 0.25) is 0 Å². The van der Waals surface area contributed by atoms with Gasteiger partial charge in [-0.05, 0) is 30.7 Å². The van der Waals surface area contributed by atoms with Crippen molar-refractivity contribution >= 4 is 29.0 Å². The van der Waals surface area contributed by atoms with E-state index < -0.39 is 0 Å². The second-order valence-corrected chi connectivity index (χ2v) is 6.76. The first-order valence-corrected chi connectivity index (χ1v) is 8.87. The van der Waals surface area contributed by atoms with Crippen LogP contribution in [-0.4, -0.2) is 42.1 Å². The first kappa shape index (κ1) is 16.8. The summed E-state index contributed by atoms with van der Waals surface area (Å²) in [4.78, 5) is 18.6. The molecule has 1 aliphatic heterocycles. The molecule has 6 heteroatoms. The first-order valence-electron chi connectivity index (χ1n) is 7.99. The van der Waals surface area contributed by atoms with E-state index in [1.54, 1.807) is 17.4 Å². The van der Waals surface area contributed by atoms with Gasteiger partial charge in [-0.2, -0.15) is 0 Å². The average Bonchev–Trinajstić information content (AvgIpc) is 3.01. The van der Waals surface area contributed by atoms with Crippen molar-refractivity contribution in [3.8, 4) is 0 Å². The van der Waals surface area contributed by atoms with E-state index in [9.17, 15) is 4.79 Å². The summed E-state index contributed by atoms with van der Waals surface area (Å²) in [6, 6.07) is 7.99. The maximum absolute atomic E-state index is 11.9. The Hall–Kier alpha value is -2.02. The Kier molecular flexibility index (Phi) is 5.74. The number of benzene rings is 1. The number of thiazole rings is 1. The van der Waals surface area contributed by atoms with Gasteiger partial charge in [-0.25, -0.2) is 4.98 Å². The van der Waals surface area contributed by atoms with E-state index in [1.807, 2.05) is 24.4 Å². The molecule has 0 saturated carbocycles. The monoisotopic (exact) mass is 343 g/mol. The van der Waals surface area contributed by atoms with Gasteiger partial charge < -0.3 is 10.1 Å². The third kappa shape index (κ3) is 4.99. The predicted octanol–water partition coefficient (Wildman–Crippen LogP) is 2.94. The zero-order chi connectivity index (χ0) is 16.8. The van der Waals surface area contributed by atoms with E-state index in [1.165, 1.54) is 11.6 Å². The van der Waals surface area contributed by atoms with Crippen molar-refractivity contribution in [2.24, 2.45) is 0 Å². The number of hydrogen-bond acceptors (Lipinski definition) is 5. The maximum atomic E-state index is 11.9. The Morgan fingerprint density at radius 1 is 1.33 bits per heavy atom. The highest BCUT2D eigenvalue weighted by atomic mass is 32.1. The molecule has 24 heavy (non-hydrogen) atoms. The normalized spacial score (nSPS) is 15.7. The zero-order valence-corrected chi connectivity index (χ0v) is 14.5. The lowest BCUT2D eigenvalue weighted by molar-refractivity contribution is -0.111. The molecular weight excluding hydrogens is 322 g/mol. The summed E-state index contributed by atoms with van der Waals surface area (Å²) < 4.78 is 5.36. The average molecular weight is 343 g/mol. The number of carbonyl (C=O) groups is 1. The molecule has 2 heterocycles. The molecule has 1 aliphatic rings. The van der Waals surface area contributed by atoms with Crippen LogP contribution in [0.3, 0.4) is 0 Å². The number of carbonyl (C=O) groups excluding carboxylic acids is 1. The van der Waals surface area contributed by atoms with Crippen LogP contribution in [0.1, 0.15) is 16.3 Å². The molecular formula is C18H21N3O2S. The predicted molar refractivity (Wildman–Crippen MR) is 97.1 cm³/mol. The maximum Gasteiger partial charge on any atom is 0.248 e. The highest BCUT2D eigenvalue weighted by Crippen LogP contribution is 2.13. The third-order valence-electron chi connectivity index (χ3n) is 3.77. The quantitative estimate of drug-likeness (QED) is 0.848. The minimum absolute atomic E-state index is 0.151. The summed E-state index contributed by atoms with van der Waals surface area (Å²) >= 11 is 1.57. The number of ether oxygens (including phenoxy) is 1. The molecule has 1 saturated heterocycles. The van der Waals surface area contributed by atoms with E-state index in [-0.39, 0.29) is 5.91 Å². The first-order chi connectivity index (χ1) is 11.7. The lowest BCUT2D eigenvalue weighted by Gasteiger charge is -2.26. The highest BCUT2D eigenvalue weighted by molar-refractivity contribution is 7.09. The van der Waals surface area contributed by atoms with Gasteiger partial charge in [-0.15, -0.1) is 11.3 Å². The molecule has 0 unspecified atom stereocenters. The number of morpholine rings is 1. The summed E-state index contributed by atoms with van der Waals surface area (Å²) in [7, 11) is 0. The summed E-state index contributed by atoms with van der Waals surface area (Å²) in [6.45, 7) is 6.41. The SMILES string of the molecule is Cc1nc(/C=C/C(=O)Nc2ccc(CN3CCOCC3)cc2)cs1. The summed E-state index contributed by atoms with van der Waals surface area (Å²) in [5.74, 6) is -0.151. The van der Waals surface area contributed by atoms with Gasteiger partial charge in [0.05, 0.1) is 23.9 Å². The van der Waals surface area contributed by atoms with Crippen molar-refractivity contribution in [1.29, 1.82) is 0 Å². The van der Waals surface area contributed by atoms with Crippen LogP contribution in [0.4, 0.5) is 5.69 Å². The fourth-order valence-corrected chi connectivity index (χ4v) is 3.09. The molecule has 2 aromatic rings. The second-order valence-electron chi connectivity index (χ2n) is 5.70. The topological polar surface area (TPSA) is 54.5 Å². The smallest absolute Gasteiger partial charge is 0.248 e. The lowest BCUT2D eigenvalue weighted by Crippen LogP contribution is -2.35. The third-order valence-corrected chi connectivity index (χ3v) is 4.57. The van der Waals surface area contributed by atoms with Gasteiger partial charge in [0.1, 0.15) is 0 Å². The molecule has 0 radical (unpaired) electrons. The molecule has 3 rings (SSSR count). The van der Waals surface area contributed by atoms with E-state index in [0.717, 1.165) is 49.2 Å². The summed E-state index contributed by atoms with van der Waals surface area (Å²) in [5, 5.41) is 5.79. The number of rotatable bonds is 5. The highest BCUT2D eigenvalue weighted by Gasteiger charge is 2.10. The van der Waals surface area contributed by atoms with Crippen LogP contribution in [0.5, 0.6) is 0 Å². The molecule has 5 nitrogen and oxygen atoms in total. The van der Waals surface area contributed by atoms with Gasteiger partial charge in [0.15, 0.2) is 0 Å². The minimum atomic E-state index is -0.151. The second kappa shape index (κ2) is 8.19. The van der Waals surface area contributed by atoms with Crippen LogP contribution < -0.4 is 5.32 Å². The van der Waals surface area contributed by atoms with Crippen molar-refractivity contribution in [1.82, 2.24) is 9.88 Å². The largest absolute Gasteiger partial charge is 0.379 e. The molecule has 1 fully saturated rings. The van der Waals surface area contributed by atoms with Crippen molar-refractivity contribution in [3.05, 3.63) is 52.0 Å². The fourth-order valence-electron chi connectivity index (χ4n) is 2.51. The molecule has 126 valence electrons. The van der Waals surface area contributed by atoms with E-state index in [2.05, 4.69) is 27.3 Å². The van der Waals surface area contributed by atoms with Gasteiger partial charge in [-0.3, -0.25) is 9.69 Å². The minimum Gasteiger partial charge on any atom is -0.379 e. The van der Waals surface area contributed by atoms with Crippen LogP contribution in [0, 0.1) is 6.92 Å². The molecule has 0 bridgehead atoms. The van der Waals surface area contributed by atoms with Gasteiger partial charge in [-0.1, -0.05) is 12.1 Å². The molecule has 0 atom stereocenters. The number of aromatic nitrogens is 1.